The van der Waals surface area contributed by atoms with E-state index in [4.69, 9.17) is 0 Å². The lowest BCUT2D eigenvalue weighted by molar-refractivity contribution is 0.432. The molecular formula is C33H48N2. The highest BCUT2D eigenvalue weighted by Gasteiger charge is 2.43. The summed E-state index contributed by atoms with van der Waals surface area (Å²) in [5.74, 6) is 1.52. The number of nitrogens with one attached hydrogen (secondary N) is 2. The Morgan fingerprint density at radius 3 is 1.49 bits per heavy atom. The van der Waals surface area contributed by atoms with Crippen molar-refractivity contribution in [3.8, 4) is 11.1 Å². The molecule has 2 saturated carbocycles. The van der Waals surface area contributed by atoms with Crippen LogP contribution in [0.3, 0.4) is 0 Å². The van der Waals surface area contributed by atoms with Crippen molar-refractivity contribution in [3.63, 3.8) is 0 Å². The molecule has 0 radical (unpaired) electrons. The van der Waals surface area contributed by atoms with Crippen LogP contribution in [0.15, 0.2) is 36.4 Å². The monoisotopic (exact) mass is 472 g/mol. The van der Waals surface area contributed by atoms with E-state index in [-0.39, 0.29) is 5.41 Å². The summed E-state index contributed by atoms with van der Waals surface area (Å²) >= 11 is 0. The molecule has 0 bridgehead atoms. The molecule has 0 amide bonds. The number of rotatable bonds is 12. The summed E-state index contributed by atoms with van der Waals surface area (Å²) in [4.78, 5) is 0. The third-order valence-electron chi connectivity index (χ3n) is 9.33. The molecule has 2 heteroatoms. The van der Waals surface area contributed by atoms with Gasteiger partial charge in [0.1, 0.15) is 0 Å². The van der Waals surface area contributed by atoms with E-state index in [2.05, 4.69) is 60.9 Å². The molecule has 0 saturated heterocycles. The van der Waals surface area contributed by atoms with Gasteiger partial charge in [-0.05, 0) is 96.8 Å². The highest BCUT2D eigenvalue weighted by Crippen LogP contribution is 2.51. The SMILES string of the molecule is CCCCNCC1(CNCCCC)c2cc(C3CCCC3)ccc2-c2ccc(C3CCCC3)cc21. The molecule has 3 aliphatic carbocycles. The largest absolute Gasteiger partial charge is 0.315 e. The first-order valence-corrected chi connectivity index (χ1v) is 15.0. The number of hydrogen-bond donors (Lipinski definition) is 2. The lowest BCUT2D eigenvalue weighted by Gasteiger charge is -2.34. The third-order valence-corrected chi connectivity index (χ3v) is 9.33. The van der Waals surface area contributed by atoms with E-state index in [9.17, 15) is 0 Å². The molecule has 0 atom stereocenters. The first-order chi connectivity index (χ1) is 17.3. The summed E-state index contributed by atoms with van der Waals surface area (Å²) in [5.41, 5.74) is 9.38. The standard InChI is InChI=1S/C33H48N2/c1-3-5-19-34-23-33(24-35-20-6-4-2)31-21-27(25-11-7-8-12-25)15-17-29(31)30-18-16-28(22-32(30)33)26-13-9-10-14-26/h15-18,21-22,25-26,34-35H,3-14,19-20,23-24H2,1-2H3. The van der Waals surface area contributed by atoms with Gasteiger partial charge in [-0.15, -0.1) is 0 Å². The zero-order valence-corrected chi connectivity index (χ0v) is 22.4. The van der Waals surface area contributed by atoms with E-state index in [1.165, 1.54) is 88.2 Å². The lowest BCUT2D eigenvalue weighted by Crippen LogP contribution is -2.46. The molecule has 35 heavy (non-hydrogen) atoms. The predicted octanol–water partition coefficient (Wildman–Crippen LogP) is 8.05. The van der Waals surface area contributed by atoms with Crippen molar-refractivity contribution in [2.45, 2.75) is 108 Å². The second-order valence-corrected chi connectivity index (χ2v) is 11.7. The number of benzene rings is 2. The molecule has 2 fully saturated rings. The summed E-state index contributed by atoms with van der Waals surface area (Å²) in [5, 5.41) is 7.86. The van der Waals surface area contributed by atoms with Crippen molar-refractivity contribution in [2.24, 2.45) is 0 Å². The van der Waals surface area contributed by atoms with Crippen LogP contribution in [0.5, 0.6) is 0 Å². The maximum Gasteiger partial charge on any atom is 0.0463 e. The second-order valence-electron chi connectivity index (χ2n) is 11.7. The van der Waals surface area contributed by atoms with Crippen LogP contribution in [0.25, 0.3) is 11.1 Å². The molecule has 0 heterocycles. The minimum Gasteiger partial charge on any atom is -0.315 e. The first kappa shape index (κ1) is 25.0. The fourth-order valence-electron chi connectivity index (χ4n) is 7.21. The molecule has 0 spiro atoms. The summed E-state index contributed by atoms with van der Waals surface area (Å²) in [6, 6.07) is 15.2. The van der Waals surface area contributed by atoms with Crippen molar-refractivity contribution in [2.75, 3.05) is 26.2 Å². The molecular weight excluding hydrogens is 424 g/mol. The van der Waals surface area contributed by atoms with Crippen LogP contribution in [0.2, 0.25) is 0 Å². The van der Waals surface area contributed by atoms with Crippen LogP contribution in [-0.2, 0) is 5.41 Å². The van der Waals surface area contributed by atoms with Crippen LogP contribution < -0.4 is 10.6 Å². The summed E-state index contributed by atoms with van der Waals surface area (Å²) in [7, 11) is 0. The van der Waals surface area contributed by atoms with Gasteiger partial charge in [-0.1, -0.05) is 88.8 Å². The van der Waals surface area contributed by atoms with Gasteiger partial charge in [0.25, 0.3) is 0 Å². The van der Waals surface area contributed by atoms with Gasteiger partial charge < -0.3 is 10.6 Å². The minimum absolute atomic E-state index is 0.0232. The van der Waals surface area contributed by atoms with Gasteiger partial charge in [0.2, 0.25) is 0 Å². The Kier molecular flexibility index (Phi) is 8.30. The zero-order valence-electron chi connectivity index (χ0n) is 22.4. The van der Waals surface area contributed by atoms with Crippen molar-refractivity contribution in [3.05, 3.63) is 58.7 Å². The summed E-state index contributed by atoms with van der Waals surface area (Å²) in [6.07, 6.45) is 16.1. The smallest absolute Gasteiger partial charge is 0.0463 e. The average Bonchev–Trinajstić information content (AvgIpc) is 3.66. The van der Waals surface area contributed by atoms with Crippen LogP contribution in [0.4, 0.5) is 0 Å². The van der Waals surface area contributed by atoms with E-state index in [0.29, 0.717) is 0 Å². The van der Waals surface area contributed by atoms with Crippen molar-refractivity contribution < 1.29 is 0 Å². The minimum atomic E-state index is 0.0232. The number of hydrogen-bond acceptors (Lipinski definition) is 2. The van der Waals surface area contributed by atoms with Crippen molar-refractivity contribution in [1.82, 2.24) is 10.6 Å². The van der Waals surface area contributed by atoms with Crippen molar-refractivity contribution in [1.29, 1.82) is 0 Å². The van der Waals surface area contributed by atoms with Gasteiger partial charge in [-0.2, -0.15) is 0 Å². The molecule has 2 nitrogen and oxygen atoms in total. The van der Waals surface area contributed by atoms with Gasteiger partial charge in [-0.3, -0.25) is 0 Å². The molecule has 0 aromatic heterocycles. The fourth-order valence-corrected chi connectivity index (χ4v) is 7.21. The normalized spacial score (nSPS) is 19.4. The molecule has 5 rings (SSSR count). The molecule has 2 N–H and O–H groups in total. The Morgan fingerprint density at radius 2 is 1.09 bits per heavy atom. The maximum atomic E-state index is 3.93. The van der Waals surface area contributed by atoms with Crippen LogP contribution in [0.1, 0.15) is 125 Å². The number of fused-ring (bicyclic) bond motifs is 3. The van der Waals surface area contributed by atoms with Gasteiger partial charge in [0.15, 0.2) is 0 Å². The van der Waals surface area contributed by atoms with E-state index in [1.807, 2.05) is 0 Å². The van der Waals surface area contributed by atoms with Gasteiger partial charge in [0.05, 0.1) is 0 Å². The Morgan fingerprint density at radius 1 is 0.657 bits per heavy atom. The van der Waals surface area contributed by atoms with E-state index in [0.717, 1.165) is 38.0 Å². The fraction of sp³-hybridized carbons (Fsp3) is 0.636. The molecule has 2 aromatic rings. The van der Waals surface area contributed by atoms with E-state index < -0.39 is 0 Å². The third kappa shape index (κ3) is 5.12. The highest BCUT2D eigenvalue weighted by atomic mass is 14.9. The highest BCUT2D eigenvalue weighted by molar-refractivity contribution is 5.82. The van der Waals surface area contributed by atoms with Gasteiger partial charge in [-0.25, -0.2) is 0 Å². The molecule has 190 valence electrons. The maximum absolute atomic E-state index is 3.93. The molecule has 0 aliphatic heterocycles. The topological polar surface area (TPSA) is 24.1 Å². The molecule has 3 aliphatic rings. The molecule has 0 unspecified atom stereocenters. The lowest BCUT2D eigenvalue weighted by atomic mass is 9.75. The predicted molar refractivity (Wildman–Crippen MR) is 151 cm³/mol. The van der Waals surface area contributed by atoms with Gasteiger partial charge in [0, 0.05) is 18.5 Å². The van der Waals surface area contributed by atoms with Crippen molar-refractivity contribution >= 4 is 0 Å². The Hall–Kier alpha value is -1.64. The van der Waals surface area contributed by atoms with E-state index in [1.54, 1.807) is 22.3 Å². The second kappa shape index (κ2) is 11.6. The average molecular weight is 473 g/mol. The first-order valence-electron chi connectivity index (χ1n) is 15.0. The summed E-state index contributed by atoms with van der Waals surface area (Å²) < 4.78 is 0. The quantitative estimate of drug-likeness (QED) is 0.305. The van der Waals surface area contributed by atoms with Gasteiger partial charge >= 0.3 is 0 Å². The number of unbranched alkanes of at least 4 members (excludes halogenated alkanes) is 2. The van der Waals surface area contributed by atoms with Crippen LogP contribution >= 0.6 is 0 Å². The molecule has 2 aromatic carbocycles. The summed E-state index contributed by atoms with van der Waals surface area (Å²) in [6.45, 7) is 8.89. The zero-order chi connectivity index (χ0) is 24.1. The van der Waals surface area contributed by atoms with E-state index >= 15 is 0 Å². The van der Waals surface area contributed by atoms with Crippen LogP contribution in [0, 0.1) is 0 Å². The Balaban J connectivity index is 1.57. The van der Waals surface area contributed by atoms with Crippen LogP contribution in [-0.4, -0.2) is 26.2 Å². The Bertz CT molecular complexity index is 886. The Labute approximate surface area is 214 Å².